The Morgan fingerprint density at radius 2 is 1.86 bits per heavy atom. The molecule has 0 amide bonds. The van der Waals surface area contributed by atoms with Crippen molar-refractivity contribution in [2.24, 2.45) is 0 Å². The first-order valence-electron chi connectivity index (χ1n) is 6.06. The average molecular weight is 335 g/mol. The van der Waals surface area contributed by atoms with Gasteiger partial charge in [-0.1, -0.05) is 0 Å². The summed E-state index contributed by atoms with van der Waals surface area (Å²) in [4.78, 5) is -0.296. The molecule has 0 spiro atoms. The summed E-state index contributed by atoms with van der Waals surface area (Å²) in [6.45, 7) is 0.0365. The number of benzene rings is 1. The molecule has 0 atom stereocenters. The summed E-state index contributed by atoms with van der Waals surface area (Å²) in [5, 5.41) is 12.6. The second-order valence-electron chi connectivity index (χ2n) is 4.34. The molecule has 22 heavy (non-hydrogen) atoms. The lowest BCUT2D eigenvalue weighted by Gasteiger charge is -2.09. The number of aromatic nitrogens is 2. The number of aliphatic hydroxyl groups is 1. The van der Waals surface area contributed by atoms with Crippen LogP contribution < -0.4 is 4.72 Å². The van der Waals surface area contributed by atoms with E-state index in [4.69, 9.17) is 5.11 Å². The number of aliphatic hydroxyl groups excluding tert-OH is 1. The van der Waals surface area contributed by atoms with Crippen LogP contribution in [0.4, 0.5) is 18.9 Å². The molecule has 10 heteroatoms. The summed E-state index contributed by atoms with van der Waals surface area (Å²) in [5.74, 6) is 0. The molecule has 1 aromatic carbocycles. The lowest BCUT2D eigenvalue weighted by Crippen LogP contribution is -2.13. The maximum Gasteiger partial charge on any atom is 0.416 e. The molecule has 0 radical (unpaired) electrons. The molecule has 1 aromatic heterocycles. The van der Waals surface area contributed by atoms with Gasteiger partial charge in [0.15, 0.2) is 0 Å². The summed E-state index contributed by atoms with van der Waals surface area (Å²) in [6.07, 6.45) is -1.93. The Bertz CT molecular complexity index is 739. The van der Waals surface area contributed by atoms with Gasteiger partial charge >= 0.3 is 6.18 Å². The molecule has 2 aromatic rings. The second kappa shape index (κ2) is 5.97. The first kappa shape index (κ1) is 16.3. The quantitative estimate of drug-likeness (QED) is 0.871. The Morgan fingerprint density at radius 1 is 1.23 bits per heavy atom. The molecule has 0 aliphatic heterocycles. The zero-order valence-corrected chi connectivity index (χ0v) is 11.9. The van der Waals surface area contributed by atoms with Crippen molar-refractivity contribution >= 4 is 15.7 Å². The predicted molar refractivity (Wildman–Crippen MR) is 71.6 cm³/mol. The Balaban J connectivity index is 2.19. The van der Waals surface area contributed by atoms with Gasteiger partial charge in [-0.3, -0.25) is 9.40 Å². The number of hydrogen-bond acceptors (Lipinski definition) is 4. The second-order valence-corrected chi connectivity index (χ2v) is 6.03. The zero-order chi connectivity index (χ0) is 16.4. The van der Waals surface area contributed by atoms with E-state index < -0.39 is 21.8 Å². The largest absolute Gasteiger partial charge is 0.416 e. The minimum absolute atomic E-state index is 0.147. The zero-order valence-electron chi connectivity index (χ0n) is 11.1. The number of rotatable bonds is 5. The predicted octanol–water partition coefficient (Wildman–Crippen LogP) is 1.69. The molecule has 6 nitrogen and oxygen atoms in total. The Kier molecular flexibility index (Phi) is 4.42. The number of nitrogens with zero attached hydrogens (tertiary/aromatic N) is 2. The van der Waals surface area contributed by atoms with Crippen LogP contribution in [0.5, 0.6) is 0 Å². The molecule has 2 rings (SSSR count). The Morgan fingerprint density at radius 3 is 2.41 bits per heavy atom. The van der Waals surface area contributed by atoms with Crippen LogP contribution in [0.1, 0.15) is 5.56 Å². The van der Waals surface area contributed by atoms with Crippen LogP contribution in [0.3, 0.4) is 0 Å². The fourth-order valence-corrected chi connectivity index (χ4v) is 2.71. The fourth-order valence-electron chi connectivity index (χ4n) is 1.68. The van der Waals surface area contributed by atoms with Crippen molar-refractivity contribution < 1.29 is 26.7 Å². The summed E-state index contributed by atoms with van der Waals surface area (Å²) in [5.41, 5.74) is -0.782. The summed E-state index contributed by atoms with van der Waals surface area (Å²) in [6, 6.07) is 3.15. The number of hydrogen-bond donors (Lipinski definition) is 2. The van der Waals surface area contributed by atoms with Crippen LogP contribution in [0.25, 0.3) is 0 Å². The maximum atomic E-state index is 12.4. The van der Waals surface area contributed by atoms with Crippen molar-refractivity contribution in [3.8, 4) is 0 Å². The van der Waals surface area contributed by atoms with E-state index in [0.29, 0.717) is 12.1 Å². The molecule has 0 aliphatic rings. The highest BCUT2D eigenvalue weighted by molar-refractivity contribution is 7.92. The van der Waals surface area contributed by atoms with Crippen LogP contribution in [-0.4, -0.2) is 29.9 Å². The first-order valence-corrected chi connectivity index (χ1v) is 7.54. The van der Waals surface area contributed by atoms with Crippen LogP contribution in [0.2, 0.25) is 0 Å². The Labute approximate surface area is 124 Å². The van der Waals surface area contributed by atoms with E-state index >= 15 is 0 Å². The van der Waals surface area contributed by atoms with Gasteiger partial charge in [0.2, 0.25) is 0 Å². The molecular weight excluding hydrogens is 323 g/mol. The van der Waals surface area contributed by atoms with Crippen molar-refractivity contribution in [3.05, 3.63) is 42.2 Å². The highest BCUT2D eigenvalue weighted by Gasteiger charge is 2.30. The standard InChI is InChI=1S/C12H12F3N3O3S/c13-12(14,15)9-1-3-11(4-2-9)22(20,21)17-10-7-16-18(8-10)5-6-19/h1-4,7-8,17,19H,5-6H2. The smallest absolute Gasteiger partial charge is 0.394 e. The molecule has 0 saturated carbocycles. The van der Waals surface area contributed by atoms with Gasteiger partial charge in [-0.25, -0.2) is 8.42 Å². The van der Waals surface area contributed by atoms with Gasteiger partial charge in [-0.05, 0) is 24.3 Å². The minimum atomic E-state index is -4.53. The van der Waals surface area contributed by atoms with E-state index in [0.717, 1.165) is 12.1 Å². The van der Waals surface area contributed by atoms with Gasteiger partial charge in [0.25, 0.3) is 10.0 Å². The highest BCUT2D eigenvalue weighted by atomic mass is 32.2. The number of alkyl halides is 3. The third-order valence-electron chi connectivity index (χ3n) is 2.71. The highest BCUT2D eigenvalue weighted by Crippen LogP contribution is 2.29. The van der Waals surface area contributed by atoms with E-state index in [1.54, 1.807) is 0 Å². The molecule has 120 valence electrons. The maximum absolute atomic E-state index is 12.4. The van der Waals surface area contributed by atoms with Gasteiger partial charge in [0.1, 0.15) is 0 Å². The van der Waals surface area contributed by atoms with Crippen LogP contribution >= 0.6 is 0 Å². The van der Waals surface area contributed by atoms with E-state index in [1.165, 1.54) is 17.1 Å². The van der Waals surface area contributed by atoms with E-state index in [9.17, 15) is 21.6 Å². The SMILES string of the molecule is O=S(=O)(Nc1cnn(CCO)c1)c1ccc(C(F)(F)F)cc1. The Hall–Kier alpha value is -2.07. The minimum Gasteiger partial charge on any atom is -0.394 e. The van der Waals surface area contributed by atoms with Gasteiger partial charge in [0, 0.05) is 6.20 Å². The van der Waals surface area contributed by atoms with Crippen LogP contribution in [0, 0.1) is 0 Å². The van der Waals surface area contributed by atoms with Crippen molar-refractivity contribution in [1.29, 1.82) is 0 Å². The lowest BCUT2D eigenvalue weighted by molar-refractivity contribution is -0.137. The van der Waals surface area contributed by atoms with Gasteiger partial charge in [0.05, 0.1) is 35.5 Å². The van der Waals surface area contributed by atoms with Crippen molar-refractivity contribution in [2.45, 2.75) is 17.6 Å². The molecule has 2 N–H and O–H groups in total. The fraction of sp³-hybridized carbons (Fsp3) is 0.250. The number of sulfonamides is 1. The monoisotopic (exact) mass is 335 g/mol. The van der Waals surface area contributed by atoms with Gasteiger partial charge in [-0.15, -0.1) is 0 Å². The van der Waals surface area contributed by atoms with Gasteiger partial charge < -0.3 is 5.11 Å². The topological polar surface area (TPSA) is 84.2 Å². The number of anilines is 1. The molecule has 0 bridgehead atoms. The first-order chi connectivity index (χ1) is 10.2. The summed E-state index contributed by atoms with van der Waals surface area (Å²) < 4.78 is 64.9. The molecule has 0 unspecified atom stereocenters. The van der Waals surface area contributed by atoms with Crippen LogP contribution in [-0.2, 0) is 22.7 Å². The third-order valence-corrected chi connectivity index (χ3v) is 4.10. The van der Waals surface area contributed by atoms with Crippen molar-refractivity contribution in [1.82, 2.24) is 9.78 Å². The van der Waals surface area contributed by atoms with E-state index in [-0.39, 0.29) is 23.7 Å². The lowest BCUT2D eigenvalue weighted by atomic mass is 10.2. The van der Waals surface area contributed by atoms with Crippen molar-refractivity contribution in [2.75, 3.05) is 11.3 Å². The number of halogens is 3. The summed E-state index contributed by atoms with van der Waals surface area (Å²) in [7, 11) is -4.01. The third kappa shape index (κ3) is 3.77. The molecule has 0 aliphatic carbocycles. The van der Waals surface area contributed by atoms with Crippen LogP contribution in [0.15, 0.2) is 41.6 Å². The molecule has 0 fully saturated rings. The van der Waals surface area contributed by atoms with E-state index in [1.807, 2.05) is 0 Å². The molecule has 0 saturated heterocycles. The molecule has 1 heterocycles. The normalized spacial score (nSPS) is 12.4. The van der Waals surface area contributed by atoms with E-state index in [2.05, 4.69) is 9.82 Å². The number of nitrogens with one attached hydrogen (secondary N) is 1. The van der Waals surface area contributed by atoms with Crippen molar-refractivity contribution in [3.63, 3.8) is 0 Å². The van der Waals surface area contributed by atoms with Gasteiger partial charge in [-0.2, -0.15) is 18.3 Å². The average Bonchev–Trinajstić information content (AvgIpc) is 2.85. The summed E-state index contributed by atoms with van der Waals surface area (Å²) >= 11 is 0. The molecular formula is C12H12F3N3O3S.